The van der Waals surface area contributed by atoms with Gasteiger partial charge in [-0.1, -0.05) is 87.5 Å². The molecule has 0 amide bonds. The summed E-state index contributed by atoms with van der Waals surface area (Å²) >= 11 is 0. The van der Waals surface area contributed by atoms with Crippen LogP contribution < -0.4 is 4.74 Å². The number of aryl methyl sites for hydroxylation is 2. The predicted molar refractivity (Wildman–Crippen MR) is 221 cm³/mol. The number of nitrogens with zero attached hydrogens (tertiary/aromatic N) is 4. The molecule has 0 aliphatic heterocycles. The molecule has 0 fully saturated rings. The molecule has 0 saturated carbocycles. The van der Waals surface area contributed by atoms with E-state index < -0.39 is 0 Å². The van der Waals surface area contributed by atoms with Crippen molar-refractivity contribution < 1.29 is 9.15 Å². The minimum atomic E-state index is -0.0171. The van der Waals surface area contributed by atoms with Gasteiger partial charge in [-0.25, -0.2) is 9.97 Å². The van der Waals surface area contributed by atoms with Crippen LogP contribution in [0.1, 0.15) is 37.5 Å². The lowest BCUT2D eigenvalue weighted by Gasteiger charge is -2.20. The van der Waals surface area contributed by atoms with Gasteiger partial charge in [0.2, 0.25) is 0 Å². The standard InChI is InChI=1S/C48H38N4O2/c1-29-13-12-14-30(2)45(29)52-41-19-10-8-17-39(41)50-47(52)38-27-33(26-37-36-16-7-11-20-43(36)54-46(37)38)53-32-21-22-35-34-15-6-9-18-40(34)51(42(35)28-32)44-25-31(23-24-49-44)48(3,4)5/h6-28H,1-5H3. The van der Waals surface area contributed by atoms with E-state index in [1.165, 1.54) is 22.1 Å². The maximum absolute atomic E-state index is 6.89. The van der Waals surface area contributed by atoms with Gasteiger partial charge in [0.15, 0.2) is 0 Å². The molecule has 0 radical (unpaired) electrons. The van der Waals surface area contributed by atoms with E-state index in [9.17, 15) is 0 Å². The Balaban J connectivity index is 1.19. The van der Waals surface area contributed by atoms with Gasteiger partial charge in [-0.2, -0.15) is 0 Å². The van der Waals surface area contributed by atoms with Crippen LogP contribution >= 0.6 is 0 Å². The first kappa shape index (κ1) is 32.0. The Labute approximate surface area is 312 Å². The van der Waals surface area contributed by atoms with Crippen molar-refractivity contribution in [2.75, 3.05) is 0 Å². The number of para-hydroxylation sites is 5. The monoisotopic (exact) mass is 702 g/mol. The van der Waals surface area contributed by atoms with E-state index in [0.29, 0.717) is 5.75 Å². The fourth-order valence-corrected chi connectivity index (χ4v) is 8.02. The highest BCUT2D eigenvalue weighted by Crippen LogP contribution is 2.43. The van der Waals surface area contributed by atoms with E-state index in [2.05, 4.69) is 153 Å². The van der Waals surface area contributed by atoms with Gasteiger partial charge in [0, 0.05) is 33.8 Å². The van der Waals surface area contributed by atoms with Gasteiger partial charge < -0.3 is 9.15 Å². The zero-order chi connectivity index (χ0) is 36.7. The van der Waals surface area contributed by atoms with Crippen LogP contribution in [0.25, 0.3) is 77.7 Å². The molecule has 0 bridgehead atoms. The van der Waals surface area contributed by atoms with Crippen molar-refractivity contribution >= 4 is 54.8 Å². The molecule has 10 rings (SSSR count). The summed E-state index contributed by atoms with van der Waals surface area (Å²) in [5, 5.41) is 4.30. The molecule has 262 valence electrons. The molecule has 0 saturated heterocycles. The van der Waals surface area contributed by atoms with E-state index >= 15 is 0 Å². The van der Waals surface area contributed by atoms with Crippen LogP contribution in [0.3, 0.4) is 0 Å². The number of hydrogen-bond acceptors (Lipinski definition) is 4. The molecule has 54 heavy (non-hydrogen) atoms. The van der Waals surface area contributed by atoms with Gasteiger partial charge in [0.25, 0.3) is 0 Å². The Bertz CT molecular complexity index is 3080. The third kappa shape index (κ3) is 5.01. The largest absolute Gasteiger partial charge is 0.457 e. The minimum absolute atomic E-state index is 0.0171. The molecule has 4 aromatic heterocycles. The van der Waals surface area contributed by atoms with Crippen molar-refractivity contribution in [2.24, 2.45) is 0 Å². The fraction of sp³-hybridized carbons (Fsp3) is 0.125. The van der Waals surface area contributed by atoms with Crippen LogP contribution in [-0.4, -0.2) is 19.1 Å². The predicted octanol–water partition coefficient (Wildman–Crippen LogP) is 12.8. The van der Waals surface area contributed by atoms with Crippen molar-refractivity contribution in [3.05, 3.63) is 156 Å². The summed E-state index contributed by atoms with van der Waals surface area (Å²) in [6.45, 7) is 11.0. The second kappa shape index (κ2) is 11.9. The lowest BCUT2D eigenvalue weighted by atomic mass is 9.88. The zero-order valence-corrected chi connectivity index (χ0v) is 30.9. The number of pyridine rings is 1. The molecule has 0 spiro atoms. The number of benzene rings is 6. The topological polar surface area (TPSA) is 58.0 Å². The van der Waals surface area contributed by atoms with Crippen LogP contribution in [-0.2, 0) is 5.41 Å². The van der Waals surface area contributed by atoms with Crippen LogP contribution in [0, 0.1) is 13.8 Å². The van der Waals surface area contributed by atoms with Crippen LogP contribution in [0.5, 0.6) is 11.5 Å². The molecular weight excluding hydrogens is 665 g/mol. The summed E-state index contributed by atoms with van der Waals surface area (Å²) in [6.07, 6.45) is 1.91. The molecule has 0 aliphatic carbocycles. The van der Waals surface area contributed by atoms with Crippen molar-refractivity contribution in [3.8, 4) is 34.4 Å². The molecule has 10 aromatic rings. The Hall–Kier alpha value is -6.66. The Morgan fingerprint density at radius 1 is 0.593 bits per heavy atom. The molecule has 6 aromatic carbocycles. The molecular formula is C48H38N4O2. The first-order chi connectivity index (χ1) is 26.2. The van der Waals surface area contributed by atoms with Gasteiger partial charge in [0.1, 0.15) is 34.3 Å². The highest BCUT2D eigenvalue weighted by atomic mass is 16.5. The average Bonchev–Trinajstić information content (AvgIpc) is 3.84. The number of furan rings is 1. The third-order valence-corrected chi connectivity index (χ3v) is 10.6. The maximum atomic E-state index is 6.89. The molecule has 0 N–H and O–H groups in total. The first-order valence-corrected chi connectivity index (χ1v) is 18.4. The molecule has 0 aliphatic rings. The normalized spacial score (nSPS) is 12.2. The molecule has 0 unspecified atom stereocenters. The quantitative estimate of drug-likeness (QED) is 0.179. The first-order valence-electron chi connectivity index (χ1n) is 18.4. The zero-order valence-electron chi connectivity index (χ0n) is 30.9. The second-order valence-electron chi connectivity index (χ2n) is 15.2. The van der Waals surface area contributed by atoms with Gasteiger partial charge in [-0.15, -0.1) is 0 Å². The van der Waals surface area contributed by atoms with Crippen LogP contribution in [0.15, 0.2) is 144 Å². The number of rotatable bonds is 5. The molecule has 0 atom stereocenters. The van der Waals surface area contributed by atoms with Crippen LogP contribution in [0.2, 0.25) is 0 Å². The van der Waals surface area contributed by atoms with Crippen molar-refractivity contribution in [1.29, 1.82) is 0 Å². The third-order valence-electron chi connectivity index (χ3n) is 10.6. The molecule has 6 nitrogen and oxygen atoms in total. The highest BCUT2D eigenvalue weighted by Gasteiger charge is 2.24. The lowest BCUT2D eigenvalue weighted by molar-refractivity contribution is 0.484. The number of ether oxygens (including phenoxy) is 1. The SMILES string of the molecule is Cc1cccc(C)c1-n1c(-c2cc(Oc3ccc4c5ccccc5n(-c5cc(C(C)(C)C)ccn5)c4c3)cc3c2oc2ccccc23)nc2ccccc21. The Kier molecular flexibility index (Phi) is 7.08. The van der Waals surface area contributed by atoms with E-state index in [1.54, 1.807) is 0 Å². The van der Waals surface area contributed by atoms with E-state index in [4.69, 9.17) is 19.1 Å². The fourth-order valence-electron chi connectivity index (χ4n) is 8.02. The lowest BCUT2D eigenvalue weighted by Crippen LogP contribution is -2.12. The summed E-state index contributed by atoms with van der Waals surface area (Å²) in [5.41, 5.74) is 11.2. The minimum Gasteiger partial charge on any atom is -0.457 e. The Morgan fingerprint density at radius 3 is 2.13 bits per heavy atom. The number of imidazole rings is 1. The average molecular weight is 703 g/mol. The molecule has 6 heteroatoms. The van der Waals surface area contributed by atoms with Crippen LogP contribution in [0.4, 0.5) is 0 Å². The highest BCUT2D eigenvalue weighted by molar-refractivity contribution is 6.11. The summed E-state index contributed by atoms with van der Waals surface area (Å²) in [6, 6.07) is 46.2. The van der Waals surface area contributed by atoms with E-state index in [-0.39, 0.29) is 5.41 Å². The number of fused-ring (bicyclic) bond motifs is 7. The smallest absolute Gasteiger partial charge is 0.149 e. The van der Waals surface area contributed by atoms with Crippen molar-refractivity contribution in [2.45, 2.75) is 40.0 Å². The molecule has 4 heterocycles. The summed E-state index contributed by atoms with van der Waals surface area (Å²) in [4.78, 5) is 10.2. The van der Waals surface area contributed by atoms with Gasteiger partial charge in [0.05, 0.1) is 33.3 Å². The number of hydrogen-bond donors (Lipinski definition) is 0. The second-order valence-corrected chi connectivity index (χ2v) is 15.2. The van der Waals surface area contributed by atoms with Crippen molar-refractivity contribution in [1.82, 2.24) is 19.1 Å². The Morgan fingerprint density at radius 2 is 1.31 bits per heavy atom. The van der Waals surface area contributed by atoms with E-state index in [0.717, 1.165) is 78.0 Å². The summed E-state index contributed by atoms with van der Waals surface area (Å²) in [5.74, 6) is 3.09. The maximum Gasteiger partial charge on any atom is 0.149 e. The van der Waals surface area contributed by atoms with Gasteiger partial charge in [-0.05, 0) is 96.6 Å². The summed E-state index contributed by atoms with van der Waals surface area (Å²) in [7, 11) is 0. The van der Waals surface area contributed by atoms with Gasteiger partial charge in [-0.3, -0.25) is 9.13 Å². The van der Waals surface area contributed by atoms with Crippen molar-refractivity contribution in [3.63, 3.8) is 0 Å². The number of aromatic nitrogens is 4. The summed E-state index contributed by atoms with van der Waals surface area (Å²) < 4.78 is 18.1. The van der Waals surface area contributed by atoms with E-state index in [1.807, 2.05) is 30.5 Å². The van der Waals surface area contributed by atoms with Gasteiger partial charge >= 0.3 is 0 Å².